The molecule has 0 unspecified atom stereocenters. The Labute approximate surface area is 170 Å². The number of aliphatic carboxylic acids is 1. The molecule has 0 bridgehead atoms. The van der Waals surface area contributed by atoms with Gasteiger partial charge < -0.3 is 15.3 Å². The van der Waals surface area contributed by atoms with Gasteiger partial charge in [0, 0.05) is 28.1 Å². The van der Waals surface area contributed by atoms with Gasteiger partial charge in [0.15, 0.2) is 0 Å². The third-order valence-electron chi connectivity index (χ3n) is 4.09. The van der Waals surface area contributed by atoms with Crippen LogP contribution in [0.5, 0.6) is 0 Å². The van der Waals surface area contributed by atoms with E-state index in [1.807, 2.05) is 0 Å². The molecule has 0 atom stereocenters. The van der Waals surface area contributed by atoms with Crippen molar-refractivity contribution in [2.45, 2.75) is 110 Å². The van der Waals surface area contributed by atoms with E-state index in [-0.39, 0.29) is 34.9 Å². The van der Waals surface area contributed by atoms with Crippen LogP contribution in [-0.2, 0) is 26.5 Å². The summed E-state index contributed by atoms with van der Waals surface area (Å²) in [6.45, 7) is 2.02. The van der Waals surface area contributed by atoms with Crippen LogP contribution in [0.15, 0.2) is 0 Å². The summed E-state index contributed by atoms with van der Waals surface area (Å²) in [6, 6.07) is 0. The molecule has 5 heteroatoms. The Balaban J connectivity index is -0.000000867. The van der Waals surface area contributed by atoms with Crippen molar-refractivity contribution >= 4 is 5.97 Å². The molecular formula is C20H42O4Ti. The first-order valence-corrected chi connectivity index (χ1v) is 10.1. The maximum atomic E-state index is 10.3. The number of aliphatic hydroxyl groups is 2. The smallest absolute Gasteiger partial charge is 0.303 e. The van der Waals surface area contributed by atoms with E-state index in [1.165, 1.54) is 83.5 Å². The molecule has 3 N–H and O–H groups in total. The Hall–Kier alpha value is 0.104. The minimum Gasteiger partial charge on any atom is -0.481 e. The van der Waals surface area contributed by atoms with Crippen molar-refractivity contribution in [3.8, 4) is 0 Å². The van der Waals surface area contributed by atoms with Crippen LogP contribution in [0.25, 0.3) is 0 Å². The first-order chi connectivity index (χ1) is 11.7. The van der Waals surface area contributed by atoms with Crippen molar-refractivity contribution in [3.63, 3.8) is 0 Å². The second-order valence-corrected chi connectivity index (χ2v) is 6.54. The molecule has 0 aliphatic rings. The maximum absolute atomic E-state index is 10.3. The summed E-state index contributed by atoms with van der Waals surface area (Å²) in [6.07, 6.45) is 20.2. The molecule has 0 rings (SSSR count). The monoisotopic (exact) mass is 394 g/mol. The van der Waals surface area contributed by atoms with E-state index in [1.54, 1.807) is 0 Å². The Morgan fingerprint density at radius 3 is 1.12 bits per heavy atom. The Kier molecular flexibility index (Phi) is 34.5. The van der Waals surface area contributed by atoms with Gasteiger partial charge in [-0.1, -0.05) is 96.8 Å². The minimum absolute atomic E-state index is 0. The van der Waals surface area contributed by atoms with Crippen LogP contribution in [0.4, 0.5) is 0 Å². The number of hydrogen-bond donors (Lipinski definition) is 3. The van der Waals surface area contributed by atoms with Crippen molar-refractivity contribution in [2.75, 3.05) is 13.2 Å². The Bertz CT molecular complexity index is 236. The number of carboxylic acids is 1. The fourth-order valence-electron chi connectivity index (χ4n) is 2.65. The number of aliphatic hydroxyl groups excluding tert-OH is 2. The minimum atomic E-state index is -0.653. The van der Waals surface area contributed by atoms with Crippen molar-refractivity contribution in [2.24, 2.45) is 0 Å². The summed E-state index contributed by atoms with van der Waals surface area (Å²) < 4.78 is 0. The van der Waals surface area contributed by atoms with Gasteiger partial charge in [0.25, 0.3) is 0 Å². The number of carboxylic acid groups (broad SMARTS) is 1. The number of unbranched alkanes of at least 4 members (excludes halogenated alkanes) is 14. The topological polar surface area (TPSA) is 77.8 Å². The fraction of sp³-hybridized carbons (Fsp3) is 0.950. The molecule has 0 aromatic heterocycles. The molecule has 4 nitrogen and oxygen atoms in total. The molecule has 0 spiro atoms. The standard InChI is InChI=1S/C18H36O2.C2H6O2.Ti/c1-2-3-4-5-6-7-8-9-10-11-12-13-14-15-16-17-18(19)20;3-1-2-4;/h2-17H2,1H3,(H,19,20);3-4H,1-2H2;. The Morgan fingerprint density at radius 1 is 0.600 bits per heavy atom. The fourth-order valence-corrected chi connectivity index (χ4v) is 2.65. The van der Waals surface area contributed by atoms with E-state index in [2.05, 4.69) is 6.92 Å². The van der Waals surface area contributed by atoms with Crippen LogP contribution < -0.4 is 0 Å². The molecule has 0 saturated carbocycles. The van der Waals surface area contributed by atoms with E-state index in [0.29, 0.717) is 6.42 Å². The van der Waals surface area contributed by atoms with Gasteiger partial charge >= 0.3 is 5.97 Å². The molecule has 0 aromatic carbocycles. The molecule has 150 valence electrons. The van der Waals surface area contributed by atoms with Crippen LogP contribution in [0.1, 0.15) is 110 Å². The zero-order valence-corrected chi connectivity index (χ0v) is 18.0. The number of rotatable bonds is 17. The molecule has 0 radical (unpaired) electrons. The molecular weight excluding hydrogens is 352 g/mol. The average molecular weight is 394 g/mol. The molecule has 0 heterocycles. The van der Waals surface area contributed by atoms with Gasteiger partial charge in [-0.2, -0.15) is 0 Å². The van der Waals surface area contributed by atoms with Gasteiger partial charge in [-0.3, -0.25) is 4.79 Å². The first kappa shape index (κ1) is 29.9. The van der Waals surface area contributed by atoms with Gasteiger partial charge in [0.05, 0.1) is 13.2 Å². The molecule has 0 aromatic rings. The van der Waals surface area contributed by atoms with Crippen LogP contribution in [0, 0.1) is 0 Å². The first-order valence-electron chi connectivity index (χ1n) is 10.1. The summed E-state index contributed by atoms with van der Waals surface area (Å²) in [5.74, 6) is -0.653. The van der Waals surface area contributed by atoms with Crippen LogP contribution in [0.3, 0.4) is 0 Å². The van der Waals surface area contributed by atoms with Crippen LogP contribution in [-0.4, -0.2) is 34.5 Å². The van der Waals surface area contributed by atoms with Gasteiger partial charge in [-0.25, -0.2) is 0 Å². The second kappa shape index (κ2) is 28.9. The van der Waals surface area contributed by atoms with Crippen molar-refractivity contribution < 1.29 is 41.8 Å². The van der Waals surface area contributed by atoms with Crippen molar-refractivity contribution in [1.82, 2.24) is 0 Å². The van der Waals surface area contributed by atoms with Crippen LogP contribution >= 0.6 is 0 Å². The summed E-state index contributed by atoms with van der Waals surface area (Å²) in [5.41, 5.74) is 0. The average Bonchev–Trinajstić information content (AvgIpc) is 2.58. The quantitative estimate of drug-likeness (QED) is 0.231. The van der Waals surface area contributed by atoms with E-state index in [4.69, 9.17) is 15.3 Å². The summed E-state index contributed by atoms with van der Waals surface area (Å²) in [7, 11) is 0. The van der Waals surface area contributed by atoms with E-state index >= 15 is 0 Å². The largest absolute Gasteiger partial charge is 0.481 e. The number of carbonyl (C=O) groups is 1. The number of hydrogen-bond acceptors (Lipinski definition) is 3. The van der Waals surface area contributed by atoms with E-state index < -0.39 is 5.97 Å². The third kappa shape index (κ3) is 35.9. The zero-order chi connectivity index (χ0) is 18.3. The summed E-state index contributed by atoms with van der Waals surface area (Å²) in [4.78, 5) is 10.3. The van der Waals surface area contributed by atoms with Crippen molar-refractivity contribution in [3.05, 3.63) is 0 Å². The van der Waals surface area contributed by atoms with Gasteiger partial charge in [-0.15, -0.1) is 0 Å². The van der Waals surface area contributed by atoms with Gasteiger partial charge in [0.2, 0.25) is 0 Å². The molecule has 0 amide bonds. The molecule has 0 aliphatic carbocycles. The second-order valence-electron chi connectivity index (χ2n) is 6.54. The van der Waals surface area contributed by atoms with Crippen molar-refractivity contribution in [1.29, 1.82) is 0 Å². The molecule has 0 saturated heterocycles. The predicted molar refractivity (Wildman–Crippen MR) is 101 cm³/mol. The molecule has 0 aliphatic heterocycles. The Morgan fingerprint density at radius 2 is 0.880 bits per heavy atom. The predicted octanol–water partition coefficient (Wildman–Crippen LogP) is 5.30. The van der Waals surface area contributed by atoms with Gasteiger partial charge in [0.1, 0.15) is 0 Å². The van der Waals surface area contributed by atoms with Gasteiger partial charge in [-0.05, 0) is 6.42 Å². The normalized spacial score (nSPS) is 9.88. The van der Waals surface area contributed by atoms with Crippen LogP contribution in [0.2, 0.25) is 0 Å². The summed E-state index contributed by atoms with van der Waals surface area (Å²) >= 11 is 0. The SMILES string of the molecule is CCCCCCCCCCCCCCCCCC(=O)O.OCCO.[Ti]. The third-order valence-corrected chi connectivity index (χ3v) is 4.09. The molecule has 25 heavy (non-hydrogen) atoms. The van der Waals surface area contributed by atoms with E-state index in [0.717, 1.165) is 12.8 Å². The molecule has 0 fully saturated rings. The zero-order valence-electron chi connectivity index (χ0n) is 16.5. The summed E-state index contributed by atoms with van der Waals surface area (Å²) in [5, 5.41) is 23.8. The maximum Gasteiger partial charge on any atom is 0.303 e. The van der Waals surface area contributed by atoms with E-state index in [9.17, 15) is 4.79 Å².